The highest BCUT2D eigenvalue weighted by molar-refractivity contribution is 6.43. The van der Waals surface area contributed by atoms with Crippen LogP contribution in [0.4, 0.5) is 20.2 Å². The number of ether oxygens (including phenoxy) is 1. The number of nitrogens with one attached hydrogen (secondary N) is 3. The SMILES string of the molecule is Cn1cnc(-c2cnc(CC=N)c(Oc3ccc(NC(=O)C(=O)Nc4ccc(F)cc4)cc3F)c2)c1. The number of pyridine rings is 1. The molecule has 36 heavy (non-hydrogen) atoms. The average Bonchev–Trinajstić information content (AvgIpc) is 3.29. The molecule has 2 aromatic carbocycles. The Labute approximate surface area is 204 Å². The number of carbonyl (C=O) groups excluding carboxylic acids is 2. The van der Waals surface area contributed by atoms with E-state index in [4.69, 9.17) is 10.1 Å². The van der Waals surface area contributed by atoms with E-state index < -0.39 is 23.4 Å². The molecule has 11 heteroatoms. The summed E-state index contributed by atoms with van der Waals surface area (Å²) in [6.45, 7) is 0. The summed E-state index contributed by atoms with van der Waals surface area (Å²) in [7, 11) is 1.83. The fourth-order valence-corrected chi connectivity index (χ4v) is 3.20. The first kappa shape index (κ1) is 24.2. The molecule has 2 aromatic heterocycles. The van der Waals surface area contributed by atoms with Gasteiger partial charge in [0.1, 0.15) is 11.6 Å². The fraction of sp³-hybridized carbons (Fsp3) is 0.0800. The van der Waals surface area contributed by atoms with Crippen molar-refractivity contribution in [1.29, 1.82) is 5.41 Å². The largest absolute Gasteiger partial charge is 0.452 e. The zero-order valence-corrected chi connectivity index (χ0v) is 19.0. The Kier molecular flexibility index (Phi) is 7.10. The highest BCUT2D eigenvalue weighted by Crippen LogP contribution is 2.31. The molecule has 4 aromatic rings. The minimum absolute atomic E-state index is 0.0270. The maximum atomic E-state index is 14.8. The van der Waals surface area contributed by atoms with E-state index in [1.807, 2.05) is 7.05 Å². The third kappa shape index (κ3) is 5.76. The number of anilines is 2. The lowest BCUT2D eigenvalue weighted by atomic mass is 10.1. The first-order chi connectivity index (χ1) is 17.3. The Morgan fingerprint density at radius 2 is 1.69 bits per heavy atom. The van der Waals surface area contributed by atoms with E-state index in [-0.39, 0.29) is 29.3 Å². The van der Waals surface area contributed by atoms with Gasteiger partial charge in [-0.25, -0.2) is 13.8 Å². The summed E-state index contributed by atoms with van der Waals surface area (Å²) in [5.74, 6) is -3.22. The molecule has 0 aliphatic carbocycles. The van der Waals surface area contributed by atoms with Gasteiger partial charge < -0.3 is 25.3 Å². The van der Waals surface area contributed by atoms with Crippen molar-refractivity contribution in [2.24, 2.45) is 7.05 Å². The number of aromatic nitrogens is 3. The Balaban J connectivity index is 1.48. The second-order valence-corrected chi connectivity index (χ2v) is 7.66. The van der Waals surface area contributed by atoms with Crippen LogP contribution in [0.2, 0.25) is 0 Å². The molecule has 0 radical (unpaired) electrons. The average molecular weight is 490 g/mol. The van der Waals surface area contributed by atoms with Gasteiger partial charge in [-0.1, -0.05) is 0 Å². The van der Waals surface area contributed by atoms with Crippen LogP contribution in [0.15, 0.2) is 67.3 Å². The second kappa shape index (κ2) is 10.6. The molecule has 2 heterocycles. The number of carbonyl (C=O) groups is 2. The predicted molar refractivity (Wildman–Crippen MR) is 129 cm³/mol. The van der Waals surface area contributed by atoms with E-state index in [0.717, 1.165) is 24.4 Å². The molecule has 3 N–H and O–H groups in total. The fourth-order valence-electron chi connectivity index (χ4n) is 3.20. The number of nitrogens with zero attached hydrogens (tertiary/aromatic N) is 3. The summed E-state index contributed by atoms with van der Waals surface area (Å²) in [6, 6.07) is 10.2. The lowest BCUT2D eigenvalue weighted by Crippen LogP contribution is -2.29. The highest BCUT2D eigenvalue weighted by Gasteiger charge is 2.17. The normalized spacial score (nSPS) is 10.5. The van der Waals surface area contributed by atoms with Gasteiger partial charge in [0.15, 0.2) is 11.6 Å². The van der Waals surface area contributed by atoms with Gasteiger partial charge in [-0.05, 0) is 42.5 Å². The number of halogens is 2. The number of benzene rings is 2. The number of hydrogen-bond acceptors (Lipinski definition) is 6. The molecular weight excluding hydrogens is 470 g/mol. The van der Waals surface area contributed by atoms with E-state index in [1.54, 1.807) is 29.4 Å². The summed E-state index contributed by atoms with van der Waals surface area (Å²) < 4.78 is 35.3. The molecule has 0 spiro atoms. The van der Waals surface area contributed by atoms with E-state index in [9.17, 15) is 18.4 Å². The number of rotatable bonds is 7. The number of imidazole rings is 1. The summed E-state index contributed by atoms with van der Waals surface area (Å²) >= 11 is 0. The predicted octanol–water partition coefficient (Wildman–Crippen LogP) is 4.32. The van der Waals surface area contributed by atoms with Crippen LogP contribution < -0.4 is 15.4 Å². The van der Waals surface area contributed by atoms with E-state index in [2.05, 4.69) is 20.6 Å². The molecule has 2 amide bonds. The monoisotopic (exact) mass is 490 g/mol. The lowest BCUT2D eigenvalue weighted by Gasteiger charge is -2.12. The molecule has 9 nitrogen and oxygen atoms in total. The molecular formula is C25H20F2N6O3. The zero-order valence-electron chi connectivity index (χ0n) is 19.0. The van der Waals surface area contributed by atoms with Crippen LogP contribution in [-0.2, 0) is 23.1 Å². The van der Waals surface area contributed by atoms with Crippen molar-refractivity contribution >= 4 is 29.4 Å². The number of aryl methyl sites for hydroxylation is 1. The van der Waals surface area contributed by atoms with E-state index in [0.29, 0.717) is 17.0 Å². The van der Waals surface area contributed by atoms with Gasteiger partial charge in [0.05, 0.1) is 17.7 Å². The van der Waals surface area contributed by atoms with Gasteiger partial charge in [-0.15, -0.1) is 0 Å². The zero-order chi connectivity index (χ0) is 25.7. The number of amides is 2. The molecule has 4 rings (SSSR count). The number of hydrogen-bond donors (Lipinski definition) is 3. The Morgan fingerprint density at radius 3 is 2.33 bits per heavy atom. The summed E-state index contributed by atoms with van der Waals surface area (Å²) in [6.07, 6.45) is 6.35. The lowest BCUT2D eigenvalue weighted by molar-refractivity contribution is -0.133. The summed E-state index contributed by atoms with van der Waals surface area (Å²) in [4.78, 5) is 32.8. The molecule has 182 valence electrons. The molecule has 0 saturated carbocycles. The first-order valence-electron chi connectivity index (χ1n) is 10.6. The second-order valence-electron chi connectivity index (χ2n) is 7.66. The minimum atomic E-state index is -1.03. The third-order valence-electron chi connectivity index (χ3n) is 4.94. The quantitative estimate of drug-likeness (QED) is 0.263. The third-order valence-corrected chi connectivity index (χ3v) is 4.94. The highest BCUT2D eigenvalue weighted by atomic mass is 19.1. The van der Waals surface area contributed by atoms with Crippen LogP contribution in [0, 0.1) is 17.0 Å². The van der Waals surface area contributed by atoms with Crippen molar-refractivity contribution in [3.05, 3.63) is 84.6 Å². The summed E-state index contributed by atoms with van der Waals surface area (Å²) in [5.41, 5.74) is 1.98. The van der Waals surface area contributed by atoms with E-state index in [1.165, 1.54) is 24.3 Å². The topological polar surface area (TPSA) is 122 Å². The maximum absolute atomic E-state index is 14.8. The van der Waals surface area contributed by atoms with Gasteiger partial charge in [0.2, 0.25) is 0 Å². The maximum Gasteiger partial charge on any atom is 0.314 e. The molecule has 0 aliphatic heterocycles. The van der Waals surface area contributed by atoms with Crippen molar-refractivity contribution in [1.82, 2.24) is 14.5 Å². The van der Waals surface area contributed by atoms with Crippen molar-refractivity contribution in [2.45, 2.75) is 6.42 Å². The molecule has 0 bridgehead atoms. The van der Waals surface area contributed by atoms with Crippen LogP contribution >= 0.6 is 0 Å². The smallest absolute Gasteiger partial charge is 0.314 e. The van der Waals surface area contributed by atoms with Crippen LogP contribution in [0.1, 0.15) is 5.69 Å². The Hall–Kier alpha value is -4.93. The van der Waals surface area contributed by atoms with Gasteiger partial charge in [-0.3, -0.25) is 14.6 Å². The molecule has 0 fully saturated rings. The van der Waals surface area contributed by atoms with Gasteiger partial charge in [0.25, 0.3) is 0 Å². The van der Waals surface area contributed by atoms with Gasteiger partial charge in [-0.2, -0.15) is 0 Å². The van der Waals surface area contributed by atoms with Crippen LogP contribution in [0.25, 0.3) is 11.3 Å². The standard InChI is InChI=1S/C25H20F2N6O3/c1-33-13-21(30-14-33)15-10-23(20(8-9-28)29-12-15)36-22-7-6-18(11-19(22)27)32-25(35)24(34)31-17-4-2-16(26)3-5-17/h2-7,9-14,28H,8H2,1H3,(H,31,34)(H,32,35). The Morgan fingerprint density at radius 1 is 1.00 bits per heavy atom. The van der Waals surface area contributed by atoms with Crippen molar-refractivity contribution in [2.75, 3.05) is 10.6 Å². The Bertz CT molecular complexity index is 1440. The van der Waals surface area contributed by atoms with E-state index >= 15 is 0 Å². The first-order valence-corrected chi connectivity index (χ1v) is 10.6. The molecule has 0 aliphatic rings. The summed E-state index contributed by atoms with van der Waals surface area (Å²) in [5, 5.41) is 12.0. The minimum Gasteiger partial charge on any atom is -0.452 e. The van der Waals surface area contributed by atoms with Crippen molar-refractivity contribution < 1.29 is 23.1 Å². The molecule has 0 atom stereocenters. The van der Waals surface area contributed by atoms with Crippen LogP contribution in [-0.4, -0.2) is 32.6 Å². The van der Waals surface area contributed by atoms with Crippen molar-refractivity contribution in [3.63, 3.8) is 0 Å². The molecule has 0 unspecified atom stereocenters. The van der Waals surface area contributed by atoms with Gasteiger partial charge in [0, 0.05) is 55.1 Å². The van der Waals surface area contributed by atoms with Crippen LogP contribution in [0.3, 0.4) is 0 Å². The molecule has 0 saturated heterocycles. The van der Waals surface area contributed by atoms with Crippen molar-refractivity contribution in [3.8, 4) is 22.8 Å². The van der Waals surface area contributed by atoms with Gasteiger partial charge >= 0.3 is 11.8 Å². The van der Waals surface area contributed by atoms with Crippen LogP contribution in [0.5, 0.6) is 11.5 Å².